The predicted molar refractivity (Wildman–Crippen MR) is 104 cm³/mol. The molecule has 0 aromatic carbocycles. The third-order valence-corrected chi connectivity index (χ3v) is 6.65. The molecule has 6 heteroatoms. The lowest BCUT2D eigenvalue weighted by Gasteiger charge is -2.50. The van der Waals surface area contributed by atoms with Crippen LogP contribution in [0.1, 0.15) is 55.1 Å². The molecule has 2 aliphatic rings. The van der Waals surface area contributed by atoms with Gasteiger partial charge < -0.3 is 20.1 Å². The molecule has 3 atom stereocenters. The van der Waals surface area contributed by atoms with Crippen LogP contribution in [0, 0.1) is 11.8 Å². The highest BCUT2D eigenvalue weighted by Gasteiger charge is 2.48. The molecule has 0 bridgehead atoms. The summed E-state index contributed by atoms with van der Waals surface area (Å²) >= 11 is 0. The first-order chi connectivity index (χ1) is 13.0. The Balaban J connectivity index is 1.90. The van der Waals surface area contributed by atoms with Crippen LogP contribution in [0.15, 0.2) is 18.3 Å². The van der Waals surface area contributed by atoms with Gasteiger partial charge in [0.15, 0.2) is 0 Å². The summed E-state index contributed by atoms with van der Waals surface area (Å²) in [5.41, 5.74) is 6.38. The Morgan fingerprint density at radius 2 is 2.11 bits per heavy atom. The normalized spacial score (nSPS) is 29.8. The molecular formula is C21H33N3O3. The number of ether oxygens (including phenoxy) is 2. The van der Waals surface area contributed by atoms with E-state index in [0.717, 1.165) is 51.0 Å². The molecule has 1 aromatic rings. The molecule has 2 fully saturated rings. The van der Waals surface area contributed by atoms with Crippen LogP contribution in [0.25, 0.3) is 0 Å². The van der Waals surface area contributed by atoms with Crippen molar-refractivity contribution in [2.45, 2.75) is 50.7 Å². The van der Waals surface area contributed by atoms with Crippen molar-refractivity contribution in [3.05, 3.63) is 29.6 Å². The minimum Gasteiger partial charge on any atom is -0.381 e. The van der Waals surface area contributed by atoms with Crippen molar-refractivity contribution in [1.82, 2.24) is 9.88 Å². The van der Waals surface area contributed by atoms with Crippen molar-refractivity contribution in [3.8, 4) is 0 Å². The molecule has 1 aliphatic heterocycles. The van der Waals surface area contributed by atoms with E-state index in [-0.39, 0.29) is 0 Å². The summed E-state index contributed by atoms with van der Waals surface area (Å²) in [4.78, 5) is 18.3. The maximum atomic E-state index is 11.7. The summed E-state index contributed by atoms with van der Waals surface area (Å²) in [6, 6.07) is 4.37. The maximum absolute atomic E-state index is 11.7. The molecule has 0 radical (unpaired) electrons. The molecular weight excluding hydrogens is 342 g/mol. The molecule has 1 amide bonds. The molecule has 1 saturated carbocycles. The van der Waals surface area contributed by atoms with Gasteiger partial charge in [0.2, 0.25) is 0 Å². The molecule has 3 rings (SSSR count). The maximum Gasteiger partial charge on any atom is 0.267 e. The smallest absolute Gasteiger partial charge is 0.267 e. The second-order valence-electron chi connectivity index (χ2n) is 8.10. The quantitative estimate of drug-likeness (QED) is 0.827. The highest BCUT2D eigenvalue weighted by atomic mass is 16.5. The van der Waals surface area contributed by atoms with Crippen LogP contribution < -0.4 is 5.73 Å². The van der Waals surface area contributed by atoms with Gasteiger partial charge in [-0.15, -0.1) is 0 Å². The number of pyridine rings is 1. The Bertz CT molecular complexity index is 647. The van der Waals surface area contributed by atoms with E-state index in [0.29, 0.717) is 23.6 Å². The van der Waals surface area contributed by atoms with Crippen molar-refractivity contribution in [1.29, 1.82) is 0 Å². The summed E-state index contributed by atoms with van der Waals surface area (Å²) < 4.78 is 11.8. The second kappa shape index (κ2) is 8.67. The zero-order valence-corrected chi connectivity index (χ0v) is 16.8. The van der Waals surface area contributed by atoms with Gasteiger partial charge in [-0.05, 0) is 56.3 Å². The average molecular weight is 376 g/mol. The van der Waals surface area contributed by atoms with Gasteiger partial charge in [0.1, 0.15) is 5.69 Å². The largest absolute Gasteiger partial charge is 0.381 e. The average Bonchev–Trinajstić information content (AvgIpc) is 2.69. The number of amides is 1. The molecule has 27 heavy (non-hydrogen) atoms. The fourth-order valence-corrected chi connectivity index (χ4v) is 5.17. The van der Waals surface area contributed by atoms with Crippen LogP contribution in [0.4, 0.5) is 0 Å². The third-order valence-electron chi connectivity index (χ3n) is 6.65. The first-order valence-corrected chi connectivity index (χ1v) is 10.1. The standard InChI is InChI=1S/C21H33N3O3/c1-15-5-4-6-17(14-24(2)18-8-11-27-12-9-18)21(15,26-3)16-7-10-23-19(13-16)20(22)25/h7,10,13,15,17-18H,4-6,8-9,11-12,14H2,1-3H3,(H2,22,25). The number of primary amides is 1. The van der Waals surface area contributed by atoms with Crippen LogP contribution in [0.2, 0.25) is 0 Å². The number of hydrogen-bond acceptors (Lipinski definition) is 5. The zero-order valence-electron chi connectivity index (χ0n) is 16.8. The Morgan fingerprint density at radius 1 is 1.37 bits per heavy atom. The van der Waals surface area contributed by atoms with E-state index >= 15 is 0 Å². The van der Waals surface area contributed by atoms with Crippen LogP contribution >= 0.6 is 0 Å². The SMILES string of the molecule is COC1(c2ccnc(C(N)=O)c2)C(C)CCCC1CN(C)C1CCOCC1. The summed E-state index contributed by atoms with van der Waals surface area (Å²) in [6.07, 6.45) is 7.27. The van der Waals surface area contributed by atoms with Gasteiger partial charge >= 0.3 is 0 Å². The zero-order chi connectivity index (χ0) is 19.4. The van der Waals surface area contributed by atoms with E-state index in [2.05, 4.69) is 23.9 Å². The lowest BCUT2D eigenvalue weighted by Crippen LogP contribution is -2.51. The molecule has 6 nitrogen and oxygen atoms in total. The van der Waals surface area contributed by atoms with Gasteiger partial charge in [-0.3, -0.25) is 9.78 Å². The number of nitrogens with zero attached hydrogens (tertiary/aromatic N) is 2. The summed E-state index contributed by atoms with van der Waals surface area (Å²) in [7, 11) is 4.02. The molecule has 1 aromatic heterocycles. The fourth-order valence-electron chi connectivity index (χ4n) is 5.17. The Kier molecular flexibility index (Phi) is 6.50. The van der Waals surface area contributed by atoms with Crippen molar-refractivity contribution < 1.29 is 14.3 Å². The Labute approximate surface area is 162 Å². The summed E-state index contributed by atoms with van der Waals surface area (Å²) in [5, 5.41) is 0. The molecule has 2 heterocycles. The van der Waals surface area contributed by atoms with Gasteiger partial charge in [-0.25, -0.2) is 0 Å². The van der Waals surface area contributed by atoms with E-state index in [1.165, 1.54) is 6.42 Å². The minimum atomic E-state index is -0.498. The number of carbonyl (C=O) groups is 1. The van der Waals surface area contributed by atoms with Crippen molar-refractivity contribution in [2.24, 2.45) is 17.6 Å². The highest BCUT2D eigenvalue weighted by molar-refractivity contribution is 5.90. The summed E-state index contributed by atoms with van der Waals surface area (Å²) in [5.74, 6) is 0.206. The molecule has 150 valence electrons. The monoisotopic (exact) mass is 375 g/mol. The Morgan fingerprint density at radius 3 is 2.78 bits per heavy atom. The Hall–Kier alpha value is -1.50. The number of hydrogen-bond donors (Lipinski definition) is 1. The second-order valence-corrected chi connectivity index (χ2v) is 8.10. The fraction of sp³-hybridized carbons (Fsp3) is 0.714. The van der Waals surface area contributed by atoms with Crippen LogP contribution in [-0.2, 0) is 15.1 Å². The lowest BCUT2D eigenvalue weighted by atomic mass is 9.65. The first-order valence-electron chi connectivity index (χ1n) is 10.1. The number of rotatable bonds is 6. The predicted octanol–water partition coefficient (Wildman–Crippen LogP) is 2.57. The van der Waals surface area contributed by atoms with Crippen molar-refractivity contribution in [2.75, 3.05) is 33.9 Å². The topological polar surface area (TPSA) is 77.7 Å². The number of aromatic nitrogens is 1. The van der Waals surface area contributed by atoms with E-state index in [1.807, 2.05) is 12.1 Å². The number of methoxy groups -OCH3 is 1. The molecule has 0 spiro atoms. The van der Waals surface area contributed by atoms with E-state index < -0.39 is 11.5 Å². The van der Waals surface area contributed by atoms with Gasteiger partial charge in [0.05, 0.1) is 5.60 Å². The van der Waals surface area contributed by atoms with E-state index in [1.54, 1.807) is 13.3 Å². The van der Waals surface area contributed by atoms with Gasteiger partial charge in [-0.2, -0.15) is 0 Å². The summed E-state index contributed by atoms with van der Waals surface area (Å²) in [6.45, 7) is 4.92. The number of carbonyl (C=O) groups excluding carboxylic acids is 1. The highest BCUT2D eigenvalue weighted by Crippen LogP contribution is 2.48. The van der Waals surface area contributed by atoms with Gasteiger partial charge in [-0.1, -0.05) is 13.3 Å². The van der Waals surface area contributed by atoms with Crippen molar-refractivity contribution in [3.63, 3.8) is 0 Å². The van der Waals surface area contributed by atoms with Crippen LogP contribution in [-0.4, -0.2) is 55.7 Å². The van der Waals surface area contributed by atoms with Crippen LogP contribution in [0.5, 0.6) is 0 Å². The first kappa shape index (κ1) is 20.2. The molecule has 1 aliphatic carbocycles. The third kappa shape index (κ3) is 4.03. The molecule has 3 unspecified atom stereocenters. The molecule has 1 saturated heterocycles. The van der Waals surface area contributed by atoms with E-state index in [4.69, 9.17) is 15.2 Å². The van der Waals surface area contributed by atoms with Gasteiger partial charge in [0.25, 0.3) is 5.91 Å². The molecule has 2 N–H and O–H groups in total. The van der Waals surface area contributed by atoms with Crippen LogP contribution in [0.3, 0.4) is 0 Å². The van der Waals surface area contributed by atoms with Crippen molar-refractivity contribution >= 4 is 5.91 Å². The van der Waals surface area contributed by atoms with Gasteiger partial charge in [0, 0.05) is 45.0 Å². The van der Waals surface area contributed by atoms with E-state index in [9.17, 15) is 4.79 Å². The minimum absolute atomic E-state index is 0.304. The lowest BCUT2D eigenvalue weighted by molar-refractivity contribution is -0.134. The number of nitrogens with two attached hydrogens (primary N) is 1.